The second kappa shape index (κ2) is 4.75. The summed E-state index contributed by atoms with van der Waals surface area (Å²) in [5, 5.41) is 4.04. The Morgan fingerprint density at radius 3 is 3.00 bits per heavy atom. The summed E-state index contributed by atoms with van der Waals surface area (Å²) in [7, 11) is 0. The normalized spacial score (nSPS) is 21.1. The van der Waals surface area contributed by atoms with Gasteiger partial charge in [-0.05, 0) is 24.6 Å². The van der Waals surface area contributed by atoms with E-state index in [9.17, 15) is 0 Å². The van der Waals surface area contributed by atoms with Gasteiger partial charge in [-0.3, -0.25) is 4.99 Å². The standard InChI is InChI=1S/C12H13ClN2O.ClH/c1-7-4-9(13)5-8-6-10(16-11(7)8)12-14-2-3-15-12;/h4-5,10H,2-3,6H2,1H3,(H,14,15);1H. The molecule has 3 nitrogen and oxygen atoms in total. The third-order valence-electron chi connectivity index (χ3n) is 2.99. The van der Waals surface area contributed by atoms with Crippen molar-refractivity contribution in [3.8, 4) is 5.75 Å². The summed E-state index contributed by atoms with van der Waals surface area (Å²) in [5.74, 6) is 1.96. The van der Waals surface area contributed by atoms with Crippen LogP contribution in [0.4, 0.5) is 0 Å². The molecule has 2 aliphatic rings. The number of nitrogens with one attached hydrogen (secondary N) is 1. The lowest BCUT2D eigenvalue weighted by Crippen LogP contribution is -2.34. The van der Waals surface area contributed by atoms with Crippen molar-refractivity contribution < 1.29 is 4.74 Å². The largest absolute Gasteiger partial charge is 0.482 e. The number of ether oxygens (including phenoxy) is 1. The van der Waals surface area contributed by atoms with Gasteiger partial charge in [0.15, 0.2) is 6.10 Å². The molecule has 0 fully saturated rings. The van der Waals surface area contributed by atoms with Crippen molar-refractivity contribution in [3.05, 3.63) is 28.3 Å². The molecule has 0 aliphatic carbocycles. The summed E-state index contributed by atoms with van der Waals surface area (Å²) < 4.78 is 5.92. The van der Waals surface area contributed by atoms with Crippen LogP contribution < -0.4 is 10.1 Å². The van der Waals surface area contributed by atoms with Gasteiger partial charge in [0.25, 0.3) is 0 Å². The summed E-state index contributed by atoms with van der Waals surface area (Å²) >= 11 is 6.03. The van der Waals surface area contributed by atoms with Gasteiger partial charge in [-0.1, -0.05) is 11.6 Å². The van der Waals surface area contributed by atoms with E-state index in [1.54, 1.807) is 0 Å². The van der Waals surface area contributed by atoms with Gasteiger partial charge in [0.1, 0.15) is 11.6 Å². The smallest absolute Gasteiger partial charge is 0.159 e. The molecule has 0 aromatic heterocycles. The molecule has 92 valence electrons. The average Bonchev–Trinajstić information content (AvgIpc) is 2.82. The molecule has 5 heteroatoms. The van der Waals surface area contributed by atoms with Crippen LogP contribution in [0.1, 0.15) is 11.1 Å². The van der Waals surface area contributed by atoms with Gasteiger partial charge in [-0.15, -0.1) is 12.4 Å². The molecule has 3 rings (SSSR count). The second-order valence-electron chi connectivity index (χ2n) is 4.22. The molecular weight excluding hydrogens is 259 g/mol. The van der Waals surface area contributed by atoms with E-state index in [-0.39, 0.29) is 18.5 Å². The maximum Gasteiger partial charge on any atom is 0.159 e. The van der Waals surface area contributed by atoms with Crippen LogP contribution in [0.5, 0.6) is 5.75 Å². The van der Waals surface area contributed by atoms with Crippen molar-refractivity contribution in [1.82, 2.24) is 5.32 Å². The highest BCUT2D eigenvalue weighted by Crippen LogP contribution is 2.35. The molecule has 1 atom stereocenters. The lowest BCUT2D eigenvalue weighted by Gasteiger charge is -2.11. The van der Waals surface area contributed by atoms with Crippen molar-refractivity contribution in [2.24, 2.45) is 4.99 Å². The Morgan fingerprint density at radius 2 is 2.29 bits per heavy atom. The van der Waals surface area contributed by atoms with Crippen molar-refractivity contribution in [3.63, 3.8) is 0 Å². The number of nitrogens with zero attached hydrogens (tertiary/aromatic N) is 1. The third-order valence-corrected chi connectivity index (χ3v) is 3.21. The Balaban J connectivity index is 0.00000108. The van der Waals surface area contributed by atoms with Crippen LogP contribution in [0.25, 0.3) is 0 Å². The molecule has 2 heterocycles. The molecule has 1 aromatic rings. The van der Waals surface area contributed by atoms with Crippen molar-refractivity contribution in [1.29, 1.82) is 0 Å². The van der Waals surface area contributed by atoms with Crippen molar-refractivity contribution in [2.75, 3.05) is 13.1 Å². The predicted octanol–water partition coefficient (Wildman–Crippen LogP) is 2.38. The topological polar surface area (TPSA) is 33.6 Å². The SMILES string of the molecule is Cc1cc(Cl)cc2c1OC(C1=NCCN1)C2.Cl. The zero-order chi connectivity index (χ0) is 11.1. The zero-order valence-corrected chi connectivity index (χ0v) is 11.1. The van der Waals surface area contributed by atoms with Crippen molar-refractivity contribution >= 4 is 29.8 Å². The zero-order valence-electron chi connectivity index (χ0n) is 9.50. The summed E-state index contributed by atoms with van der Waals surface area (Å²) in [6.45, 7) is 3.80. The fourth-order valence-electron chi connectivity index (χ4n) is 2.29. The lowest BCUT2D eigenvalue weighted by molar-refractivity contribution is 0.296. The number of fused-ring (bicyclic) bond motifs is 1. The van der Waals surface area contributed by atoms with E-state index in [0.29, 0.717) is 0 Å². The van der Waals surface area contributed by atoms with E-state index in [2.05, 4.69) is 10.3 Å². The molecule has 0 saturated heterocycles. The highest BCUT2D eigenvalue weighted by molar-refractivity contribution is 6.30. The van der Waals surface area contributed by atoms with Crippen LogP contribution in [-0.4, -0.2) is 25.0 Å². The maximum atomic E-state index is 6.03. The molecule has 0 saturated carbocycles. The summed E-state index contributed by atoms with van der Waals surface area (Å²) in [6, 6.07) is 3.92. The van der Waals surface area contributed by atoms with Gasteiger partial charge in [-0.25, -0.2) is 0 Å². The maximum absolute atomic E-state index is 6.03. The molecule has 1 aromatic carbocycles. The quantitative estimate of drug-likeness (QED) is 0.852. The fraction of sp³-hybridized carbons (Fsp3) is 0.417. The van der Waals surface area contributed by atoms with Gasteiger partial charge in [-0.2, -0.15) is 0 Å². The number of amidine groups is 1. The first kappa shape index (κ1) is 12.5. The second-order valence-corrected chi connectivity index (χ2v) is 4.65. The minimum absolute atomic E-state index is 0. The predicted molar refractivity (Wildman–Crippen MR) is 71.9 cm³/mol. The van der Waals surface area contributed by atoms with Gasteiger partial charge in [0.05, 0.1) is 6.54 Å². The van der Waals surface area contributed by atoms with Crippen LogP contribution in [0.3, 0.4) is 0 Å². The molecular formula is C12H14Cl2N2O. The molecule has 17 heavy (non-hydrogen) atoms. The molecule has 0 bridgehead atoms. The fourth-order valence-corrected chi connectivity index (χ4v) is 2.58. The van der Waals surface area contributed by atoms with E-state index >= 15 is 0 Å². The first-order valence-corrected chi connectivity index (χ1v) is 5.86. The highest BCUT2D eigenvalue weighted by atomic mass is 35.5. The van der Waals surface area contributed by atoms with Gasteiger partial charge < -0.3 is 10.1 Å². The molecule has 0 spiro atoms. The Kier molecular flexibility index (Phi) is 3.50. The molecule has 1 N–H and O–H groups in total. The third kappa shape index (κ3) is 2.22. The molecule has 1 unspecified atom stereocenters. The van der Waals surface area contributed by atoms with E-state index < -0.39 is 0 Å². The van der Waals surface area contributed by atoms with Crippen LogP contribution in [-0.2, 0) is 6.42 Å². The number of hydrogen-bond donors (Lipinski definition) is 1. The number of rotatable bonds is 1. The first-order valence-electron chi connectivity index (χ1n) is 5.48. The number of benzene rings is 1. The summed E-state index contributed by atoms with van der Waals surface area (Å²) in [5.41, 5.74) is 2.29. The minimum Gasteiger partial charge on any atom is -0.482 e. The lowest BCUT2D eigenvalue weighted by atomic mass is 10.1. The van der Waals surface area contributed by atoms with Gasteiger partial charge >= 0.3 is 0 Å². The number of halogens is 2. The first-order chi connectivity index (χ1) is 7.74. The number of hydrogen-bond acceptors (Lipinski definition) is 3. The van der Waals surface area contributed by atoms with E-state index in [4.69, 9.17) is 16.3 Å². The van der Waals surface area contributed by atoms with Crippen LogP contribution >= 0.6 is 24.0 Å². The van der Waals surface area contributed by atoms with Crippen molar-refractivity contribution in [2.45, 2.75) is 19.4 Å². The van der Waals surface area contributed by atoms with Crippen LogP contribution in [0, 0.1) is 6.92 Å². The summed E-state index contributed by atoms with van der Waals surface area (Å²) in [4.78, 5) is 4.40. The van der Waals surface area contributed by atoms with E-state index in [0.717, 1.165) is 41.7 Å². The number of aliphatic imine (C=N–C) groups is 1. The highest BCUT2D eigenvalue weighted by Gasteiger charge is 2.29. The monoisotopic (exact) mass is 272 g/mol. The van der Waals surface area contributed by atoms with Crippen LogP contribution in [0.15, 0.2) is 17.1 Å². The minimum atomic E-state index is 0. The molecule has 0 amide bonds. The van der Waals surface area contributed by atoms with E-state index in [1.807, 2.05) is 19.1 Å². The van der Waals surface area contributed by atoms with Gasteiger partial charge in [0, 0.05) is 23.6 Å². The number of aryl methyl sites for hydroxylation is 1. The van der Waals surface area contributed by atoms with Gasteiger partial charge in [0.2, 0.25) is 0 Å². The van der Waals surface area contributed by atoms with E-state index in [1.165, 1.54) is 5.56 Å². The molecule has 0 radical (unpaired) electrons. The molecule has 2 aliphatic heterocycles. The average molecular weight is 273 g/mol. The Labute approximate surface area is 112 Å². The Bertz CT molecular complexity index is 474. The Hall–Kier alpha value is -0.930. The Morgan fingerprint density at radius 1 is 1.47 bits per heavy atom. The summed E-state index contributed by atoms with van der Waals surface area (Å²) in [6.07, 6.45) is 0.914. The van der Waals surface area contributed by atoms with Crippen LogP contribution in [0.2, 0.25) is 5.02 Å².